The molecular weight excluding hydrogens is 339 g/mol. The maximum atomic E-state index is 12.7. The smallest absolute Gasteiger partial charge is 0.203 e. The molecule has 3 nitrogen and oxygen atoms in total. The molecule has 0 aliphatic carbocycles. The second kappa shape index (κ2) is 10.00. The monoisotopic (exact) mass is 371 g/mol. The lowest BCUT2D eigenvalue weighted by atomic mass is 9.83. The minimum absolute atomic E-state index is 0.00570. The molecule has 0 spiro atoms. The van der Waals surface area contributed by atoms with Crippen molar-refractivity contribution in [2.45, 2.75) is 83.6 Å². The number of hydrogen-bond donors (Lipinski definition) is 0. The summed E-state index contributed by atoms with van der Waals surface area (Å²) in [7, 11) is -5.16. The average Bonchev–Trinajstić information content (AvgIpc) is 2.99. The van der Waals surface area contributed by atoms with Crippen molar-refractivity contribution >= 4 is 10.0 Å². The maximum Gasteiger partial charge on any atom is 0.511 e. The summed E-state index contributed by atoms with van der Waals surface area (Å²) < 4.78 is 62.0. The molecule has 1 aliphatic rings. The fraction of sp³-hybridized carbons (Fsp3) is 1.00. The van der Waals surface area contributed by atoms with Gasteiger partial charge in [-0.15, -0.1) is 0 Å². The quantitative estimate of drug-likeness (QED) is 0.461. The average molecular weight is 372 g/mol. The molecule has 2 atom stereocenters. The van der Waals surface area contributed by atoms with Gasteiger partial charge in [0.1, 0.15) is 0 Å². The molecule has 1 rings (SSSR count). The number of hydrogen-bond acceptors (Lipinski definition) is 2. The SMILES string of the molecule is CCCCCCC(CCCCC)C1CCN(S(=O)(=O)C(F)(F)F)C1. The Labute approximate surface area is 145 Å². The fourth-order valence-corrected chi connectivity index (χ4v) is 4.64. The van der Waals surface area contributed by atoms with E-state index in [4.69, 9.17) is 0 Å². The van der Waals surface area contributed by atoms with Crippen LogP contribution in [0.15, 0.2) is 0 Å². The van der Waals surface area contributed by atoms with E-state index in [1.165, 1.54) is 6.42 Å². The van der Waals surface area contributed by atoms with Crippen LogP contribution in [0.5, 0.6) is 0 Å². The highest BCUT2D eigenvalue weighted by molar-refractivity contribution is 7.90. The van der Waals surface area contributed by atoms with Crippen LogP contribution in [0.1, 0.15) is 78.1 Å². The molecule has 1 fully saturated rings. The summed E-state index contributed by atoms with van der Waals surface area (Å²) in [4.78, 5) is 0. The van der Waals surface area contributed by atoms with E-state index in [0.29, 0.717) is 16.6 Å². The van der Waals surface area contributed by atoms with Gasteiger partial charge in [-0.25, -0.2) is 8.42 Å². The van der Waals surface area contributed by atoms with E-state index < -0.39 is 15.5 Å². The van der Waals surface area contributed by atoms with E-state index >= 15 is 0 Å². The lowest BCUT2D eigenvalue weighted by Gasteiger charge is -2.24. The van der Waals surface area contributed by atoms with E-state index in [0.717, 1.165) is 51.4 Å². The van der Waals surface area contributed by atoms with E-state index in [9.17, 15) is 21.6 Å². The highest BCUT2D eigenvalue weighted by Gasteiger charge is 2.51. The Kier molecular flexibility index (Phi) is 9.06. The summed E-state index contributed by atoms with van der Waals surface area (Å²) in [6, 6.07) is 0. The third-order valence-corrected chi connectivity index (χ3v) is 6.69. The van der Waals surface area contributed by atoms with E-state index in [1.807, 2.05) is 0 Å². The van der Waals surface area contributed by atoms with Crippen LogP contribution in [-0.4, -0.2) is 31.3 Å². The zero-order valence-corrected chi connectivity index (χ0v) is 15.8. The van der Waals surface area contributed by atoms with Gasteiger partial charge < -0.3 is 0 Å². The van der Waals surface area contributed by atoms with Crippen LogP contribution >= 0.6 is 0 Å². The van der Waals surface area contributed by atoms with Gasteiger partial charge in [-0.1, -0.05) is 71.6 Å². The summed E-state index contributed by atoms with van der Waals surface area (Å²) in [5.74, 6) is 0.419. The van der Waals surface area contributed by atoms with Crippen LogP contribution in [0.25, 0.3) is 0 Å². The van der Waals surface area contributed by atoms with Gasteiger partial charge in [0.2, 0.25) is 0 Å². The van der Waals surface area contributed by atoms with Gasteiger partial charge in [-0.05, 0) is 18.3 Å². The first-order valence-electron chi connectivity index (χ1n) is 9.30. The van der Waals surface area contributed by atoms with E-state index in [2.05, 4.69) is 13.8 Å². The largest absolute Gasteiger partial charge is 0.511 e. The van der Waals surface area contributed by atoms with Crippen LogP contribution in [0, 0.1) is 11.8 Å². The Morgan fingerprint density at radius 3 is 2.08 bits per heavy atom. The van der Waals surface area contributed by atoms with Gasteiger partial charge in [0.25, 0.3) is 0 Å². The van der Waals surface area contributed by atoms with Crippen molar-refractivity contribution in [1.82, 2.24) is 4.31 Å². The third kappa shape index (κ3) is 6.21. The van der Waals surface area contributed by atoms with Crippen molar-refractivity contribution in [1.29, 1.82) is 0 Å². The number of nitrogens with zero attached hydrogens (tertiary/aromatic N) is 1. The van der Waals surface area contributed by atoms with Crippen LogP contribution in [0.2, 0.25) is 0 Å². The van der Waals surface area contributed by atoms with Gasteiger partial charge >= 0.3 is 15.5 Å². The number of sulfonamides is 1. The predicted molar refractivity (Wildman–Crippen MR) is 91.0 cm³/mol. The molecule has 2 unspecified atom stereocenters. The number of rotatable bonds is 11. The zero-order valence-electron chi connectivity index (χ0n) is 14.9. The van der Waals surface area contributed by atoms with Crippen molar-refractivity contribution in [3.63, 3.8) is 0 Å². The third-order valence-electron chi connectivity index (χ3n) is 5.09. The standard InChI is InChI=1S/C17H32F3NO2S/c1-3-5-7-9-11-15(10-8-6-4-2)16-12-13-21(14-16)24(22,23)17(18,19)20/h15-16H,3-14H2,1-2H3. The van der Waals surface area contributed by atoms with Crippen molar-refractivity contribution in [3.8, 4) is 0 Å². The molecule has 144 valence electrons. The fourth-order valence-electron chi connectivity index (χ4n) is 3.61. The highest BCUT2D eigenvalue weighted by atomic mass is 32.2. The molecular formula is C17H32F3NO2S. The Balaban J connectivity index is 2.63. The topological polar surface area (TPSA) is 37.4 Å². The lowest BCUT2D eigenvalue weighted by molar-refractivity contribution is -0.0484. The molecule has 0 aromatic rings. The van der Waals surface area contributed by atoms with Crippen molar-refractivity contribution in [3.05, 3.63) is 0 Å². The molecule has 7 heteroatoms. The summed E-state index contributed by atoms with van der Waals surface area (Å²) in [5, 5.41) is 0. The molecule has 0 N–H and O–H groups in total. The summed E-state index contributed by atoms with van der Waals surface area (Å²) in [5.41, 5.74) is -5.18. The highest BCUT2D eigenvalue weighted by Crippen LogP contribution is 2.36. The van der Waals surface area contributed by atoms with Crippen LogP contribution in [0.3, 0.4) is 0 Å². The molecule has 0 aromatic heterocycles. The Bertz CT molecular complexity index is 451. The molecule has 1 aliphatic heterocycles. The Morgan fingerprint density at radius 2 is 1.54 bits per heavy atom. The molecule has 0 amide bonds. The first kappa shape index (κ1) is 21.7. The van der Waals surface area contributed by atoms with Gasteiger partial charge in [-0.3, -0.25) is 0 Å². The first-order chi connectivity index (χ1) is 11.2. The molecule has 1 heterocycles. The summed E-state index contributed by atoms with van der Waals surface area (Å²) in [6.45, 7) is 4.32. The van der Waals surface area contributed by atoms with Crippen molar-refractivity contribution in [2.24, 2.45) is 11.8 Å². The number of unbranched alkanes of at least 4 members (excludes halogenated alkanes) is 5. The number of alkyl halides is 3. The predicted octanol–water partition coefficient (Wildman–Crippen LogP) is 5.32. The number of halogens is 3. The van der Waals surface area contributed by atoms with Gasteiger partial charge in [0.05, 0.1) is 0 Å². The van der Waals surface area contributed by atoms with E-state index in [-0.39, 0.29) is 19.0 Å². The van der Waals surface area contributed by atoms with E-state index in [1.54, 1.807) is 0 Å². The molecule has 24 heavy (non-hydrogen) atoms. The van der Waals surface area contributed by atoms with Gasteiger partial charge in [0.15, 0.2) is 0 Å². The summed E-state index contributed by atoms with van der Waals surface area (Å²) >= 11 is 0. The van der Waals surface area contributed by atoms with Crippen LogP contribution < -0.4 is 0 Å². The first-order valence-corrected chi connectivity index (χ1v) is 10.7. The molecule has 0 radical (unpaired) electrons. The minimum Gasteiger partial charge on any atom is -0.203 e. The minimum atomic E-state index is -5.18. The molecule has 0 saturated carbocycles. The van der Waals surface area contributed by atoms with Gasteiger partial charge in [0, 0.05) is 13.1 Å². The second-order valence-corrected chi connectivity index (χ2v) is 8.89. The van der Waals surface area contributed by atoms with Gasteiger partial charge in [-0.2, -0.15) is 17.5 Å². The Hall–Kier alpha value is -0.300. The van der Waals surface area contributed by atoms with Crippen LogP contribution in [-0.2, 0) is 10.0 Å². The zero-order chi connectivity index (χ0) is 18.2. The molecule has 0 bridgehead atoms. The normalized spacial score (nSPS) is 21.3. The van der Waals surface area contributed by atoms with Crippen molar-refractivity contribution in [2.75, 3.05) is 13.1 Å². The second-order valence-electron chi connectivity index (χ2n) is 6.96. The lowest BCUT2D eigenvalue weighted by Crippen LogP contribution is -2.39. The maximum absolute atomic E-state index is 12.7. The molecule has 1 saturated heterocycles. The van der Waals surface area contributed by atoms with Crippen LogP contribution in [0.4, 0.5) is 13.2 Å². The molecule has 0 aromatic carbocycles. The Morgan fingerprint density at radius 1 is 1.00 bits per heavy atom. The summed E-state index contributed by atoms with van der Waals surface area (Å²) in [6.07, 6.45) is 10.5. The van der Waals surface area contributed by atoms with Crippen molar-refractivity contribution < 1.29 is 21.6 Å².